The summed E-state index contributed by atoms with van der Waals surface area (Å²) in [5.74, 6) is 4.23. The van der Waals surface area contributed by atoms with Crippen molar-refractivity contribution >= 4 is 0 Å². The van der Waals surface area contributed by atoms with Gasteiger partial charge >= 0.3 is 0 Å². The predicted molar refractivity (Wildman–Crippen MR) is 258 cm³/mol. The molecule has 0 N–H and O–H groups in total. The fraction of sp³-hybridized carbons (Fsp3) is 0.0678. The zero-order chi connectivity index (χ0) is 43.3. The van der Waals surface area contributed by atoms with Crippen LogP contribution in [0.4, 0.5) is 0 Å². The van der Waals surface area contributed by atoms with E-state index in [1.54, 1.807) is 0 Å². The SMILES string of the molecule is CC1(C)c2ccccc2-c2c(-c3ccc4c(c3)-c3ccc(-c5nc(-c6ccccc6)nc(-c6ccccc6)n5)cc3C43c4ccccc4Oc4ccccc43)nc(-c3ccccc3)nc21. The summed E-state index contributed by atoms with van der Waals surface area (Å²) in [5.41, 5.74) is 16.0. The van der Waals surface area contributed by atoms with Gasteiger partial charge in [0.05, 0.1) is 16.8 Å². The Bertz CT molecular complexity index is 3450. The van der Waals surface area contributed by atoms with Crippen LogP contribution in [-0.2, 0) is 10.8 Å². The summed E-state index contributed by atoms with van der Waals surface area (Å²) in [6.07, 6.45) is 0. The summed E-state index contributed by atoms with van der Waals surface area (Å²) < 4.78 is 6.74. The summed E-state index contributed by atoms with van der Waals surface area (Å²) in [7, 11) is 0. The van der Waals surface area contributed by atoms with E-state index in [1.165, 1.54) is 16.7 Å². The Balaban J connectivity index is 1.08. The van der Waals surface area contributed by atoms with Crippen LogP contribution in [0.15, 0.2) is 200 Å². The number of fused-ring (bicyclic) bond motifs is 12. The third-order valence-corrected chi connectivity index (χ3v) is 13.6. The van der Waals surface area contributed by atoms with Crippen molar-refractivity contribution in [1.29, 1.82) is 0 Å². The molecule has 0 amide bonds. The number of hydrogen-bond acceptors (Lipinski definition) is 6. The lowest BCUT2D eigenvalue weighted by atomic mass is 9.66. The first kappa shape index (κ1) is 37.2. The lowest BCUT2D eigenvalue weighted by Crippen LogP contribution is -2.32. The van der Waals surface area contributed by atoms with Crippen LogP contribution in [-0.4, -0.2) is 24.9 Å². The number of rotatable bonds is 5. The van der Waals surface area contributed by atoms with Crippen molar-refractivity contribution in [3.05, 3.63) is 234 Å². The third-order valence-electron chi connectivity index (χ3n) is 13.6. The zero-order valence-corrected chi connectivity index (χ0v) is 35.7. The van der Waals surface area contributed by atoms with Crippen molar-refractivity contribution < 1.29 is 4.74 Å². The molecule has 10 aromatic rings. The molecule has 0 unspecified atom stereocenters. The van der Waals surface area contributed by atoms with Crippen LogP contribution < -0.4 is 4.74 Å². The van der Waals surface area contributed by atoms with E-state index in [2.05, 4.69) is 147 Å². The highest BCUT2D eigenvalue weighted by Gasteiger charge is 2.51. The fourth-order valence-electron chi connectivity index (χ4n) is 10.6. The Morgan fingerprint density at radius 2 is 0.831 bits per heavy atom. The van der Waals surface area contributed by atoms with Crippen LogP contribution in [0.5, 0.6) is 11.5 Å². The van der Waals surface area contributed by atoms with Crippen molar-refractivity contribution in [3.8, 4) is 90.6 Å². The van der Waals surface area contributed by atoms with Gasteiger partial charge in [0, 0.05) is 49.9 Å². The predicted octanol–water partition coefficient (Wildman–Crippen LogP) is 13.8. The van der Waals surface area contributed by atoms with Gasteiger partial charge in [-0.2, -0.15) is 0 Å². The Labute approximate surface area is 377 Å². The summed E-state index contributed by atoms with van der Waals surface area (Å²) >= 11 is 0. The fourth-order valence-corrected chi connectivity index (χ4v) is 10.6. The number of aromatic nitrogens is 5. The maximum absolute atomic E-state index is 6.74. The summed E-state index contributed by atoms with van der Waals surface area (Å²) in [5, 5.41) is 0. The lowest BCUT2D eigenvalue weighted by Gasteiger charge is -2.39. The first-order valence-electron chi connectivity index (χ1n) is 22.1. The molecule has 0 saturated heterocycles. The topological polar surface area (TPSA) is 73.7 Å². The maximum atomic E-state index is 6.74. The molecule has 2 aliphatic carbocycles. The van der Waals surface area contributed by atoms with E-state index in [0.717, 1.165) is 89.9 Å². The van der Waals surface area contributed by atoms with Gasteiger partial charge < -0.3 is 4.74 Å². The van der Waals surface area contributed by atoms with Crippen LogP contribution >= 0.6 is 0 Å². The number of para-hydroxylation sites is 2. The molecular formula is C59H39N5O. The lowest BCUT2D eigenvalue weighted by molar-refractivity contribution is 0.436. The molecule has 1 spiro atoms. The average molecular weight is 834 g/mol. The Morgan fingerprint density at radius 3 is 1.43 bits per heavy atom. The van der Waals surface area contributed by atoms with E-state index in [-0.39, 0.29) is 5.41 Å². The molecule has 0 bridgehead atoms. The molecule has 8 aromatic carbocycles. The van der Waals surface area contributed by atoms with Gasteiger partial charge in [0.2, 0.25) is 0 Å². The van der Waals surface area contributed by atoms with Crippen molar-refractivity contribution in [3.63, 3.8) is 0 Å². The number of benzene rings is 8. The summed E-state index contributed by atoms with van der Waals surface area (Å²) in [4.78, 5) is 26.2. The van der Waals surface area contributed by atoms with E-state index in [9.17, 15) is 0 Å². The highest BCUT2D eigenvalue weighted by molar-refractivity contribution is 5.95. The van der Waals surface area contributed by atoms with E-state index in [1.807, 2.05) is 66.7 Å². The van der Waals surface area contributed by atoms with Crippen LogP contribution in [0.1, 0.15) is 47.4 Å². The molecular weight excluding hydrogens is 795 g/mol. The van der Waals surface area contributed by atoms with Gasteiger partial charge in [-0.3, -0.25) is 0 Å². The quantitative estimate of drug-likeness (QED) is 0.172. The Kier molecular flexibility index (Phi) is 8.06. The zero-order valence-electron chi connectivity index (χ0n) is 35.7. The van der Waals surface area contributed by atoms with Gasteiger partial charge in [-0.15, -0.1) is 0 Å². The minimum Gasteiger partial charge on any atom is -0.457 e. The van der Waals surface area contributed by atoms with Crippen molar-refractivity contribution in [1.82, 2.24) is 24.9 Å². The summed E-state index contributed by atoms with van der Waals surface area (Å²) in [6, 6.07) is 70.0. The first-order valence-corrected chi connectivity index (χ1v) is 22.1. The number of hydrogen-bond donors (Lipinski definition) is 0. The minimum absolute atomic E-state index is 0.317. The minimum atomic E-state index is -0.723. The molecule has 0 atom stereocenters. The maximum Gasteiger partial charge on any atom is 0.164 e. The molecule has 0 fully saturated rings. The van der Waals surface area contributed by atoms with Gasteiger partial charge in [-0.25, -0.2) is 24.9 Å². The second kappa shape index (κ2) is 14.1. The van der Waals surface area contributed by atoms with Crippen LogP contribution in [0.25, 0.3) is 79.1 Å². The van der Waals surface area contributed by atoms with Crippen molar-refractivity contribution in [2.24, 2.45) is 0 Å². The highest BCUT2D eigenvalue weighted by atomic mass is 16.5. The van der Waals surface area contributed by atoms with Crippen LogP contribution in [0.2, 0.25) is 0 Å². The monoisotopic (exact) mass is 833 g/mol. The van der Waals surface area contributed by atoms with E-state index >= 15 is 0 Å². The smallest absolute Gasteiger partial charge is 0.164 e. The van der Waals surface area contributed by atoms with Gasteiger partial charge in [0.25, 0.3) is 0 Å². The van der Waals surface area contributed by atoms with E-state index < -0.39 is 5.41 Å². The second-order valence-corrected chi connectivity index (χ2v) is 17.6. The normalized spacial score (nSPS) is 14.1. The van der Waals surface area contributed by atoms with Crippen LogP contribution in [0, 0.1) is 0 Å². The molecule has 0 saturated carbocycles. The molecule has 6 heteroatoms. The van der Waals surface area contributed by atoms with Gasteiger partial charge in [-0.1, -0.05) is 190 Å². The van der Waals surface area contributed by atoms with Gasteiger partial charge in [0.1, 0.15) is 11.5 Å². The van der Waals surface area contributed by atoms with Gasteiger partial charge in [0.15, 0.2) is 23.3 Å². The van der Waals surface area contributed by atoms with Crippen molar-refractivity contribution in [2.45, 2.75) is 24.7 Å². The average Bonchev–Trinajstić information content (AvgIpc) is 3.78. The Morgan fingerprint density at radius 1 is 0.338 bits per heavy atom. The molecule has 306 valence electrons. The number of ether oxygens (including phenoxy) is 1. The van der Waals surface area contributed by atoms with Crippen molar-refractivity contribution in [2.75, 3.05) is 0 Å². The molecule has 65 heavy (non-hydrogen) atoms. The largest absolute Gasteiger partial charge is 0.457 e. The van der Waals surface area contributed by atoms with E-state index in [4.69, 9.17) is 29.7 Å². The molecule has 0 radical (unpaired) electrons. The number of nitrogens with zero attached hydrogens (tertiary/aromatic N) is 5. The Hall–Kier alpha value is -8.35. The molecule has 2 aromatic heterocycles. The molecule has 3 heterocycles. The highest BCUT2D eigenvalue weighted by Crippen LogP contribution is 2.63. The second-order valence-electron chi connectivity index (χ2n) is 17.6. The standard InChI is InChI=1S/C59H39N5O/c1-58(2)44-25-13-12-24-42(44)51-52(60-54(61-53(51)58)36-18-6-3-7-19-36)39-31-33-45-43(34-39)41-32-30-40(35-48(41)59(45)46-26-14-16-28-49(46)65-50-29-17-15-27-47(50)59)57-63-55(37-20-8-4-9-21-37)62-56(64-57)38-22-10-5-11-23-38/h3-35H,1-2H3. The molecule has 13 rings (SSSR count). The summed E-state index contributed by atoms with van der Waals surface area (Å²) in [6.45, 7) is 4.56. The first-order chi connectivity index (χ1) is 32.0. The van der Waals surface area contributed by atoms with Crippen LogP contribution in [0.3, 0.4) is 0 Å². The van der Waals surface area contributed by atoms with Gasteiger partial charge in [-0.05, 0) is 57.6 Å². The third kappa shape index (κ3) is 5.50. The van der Waals surface area contributed by atoms with E-state index in [0.29, 0.717) is 17.5 Å². The molecule has 6 nitrogen and oxygen atoms in total. The molecule has 3 aliphatic rings. The molecule has 1 aliphatic heterocycles.